The number of carboxylic acids is 1. The van der Waals surface area contributed by atoms with Crippen molar-refractivity contribution in [3.8, 4) is 0 Å². The maximum absolute atomic E-state index is 12.4. The van der Waals surface area contributed by atoms with Gasteiger partial charge in [0.15, 0.2) is 0 Å². The zero-order chi connectivity index (χ0) is 31.1. The van der Waals surface area contributed by atoms with Crippen LogP contribution in [-0.2, 0) is 19.1 Å². The molecule has 246 valence electrons. The average molecular weight is 595 g/mol. The predicted molar refractivity (Wildman–Crippen MR) is 174 cm³/mol. The highest BCUT2D eigenvalue weighted by atomic mass is 16.5. The van der Waals surface area contributed by atoms with Crippen LogP contribution in [0.15, 0.2) is 12.2 Å². The molecule has 0 aromatic carbocycles. The molecule has 0 aliphatic rings. The number of hydrogen-bond acceptors (Lipinski definition) is 5. The van der Waals surface area contributed by atoms with Crippen molar-refractivity contribution < 1.29 is 24.2 Å². The Hall–Kier alpha value is -1.89. The summed E-state index contributed by atoms with van der Waals surface area (Å²) in [5.41, 5.74) is 5.45. The fourth-order valence-corrected chi connectivity index (χ4v) is 5.14. The number of nitrogens with one attached hydrogen (secondary N) is 1. The van der Waals surface area contributed by atoms with Crippen LogP contribution in [0.4, 0.5) is 0 Å². The van der Waals surface area contributed by atoms with Gasteiger partial charge >= 0.3 is 11.9 Å². The summed E-state index contributed by atoms with van der Waals surface area (Å²) >= 11 is 0. The van der Waals surface area contributed by atoms with Gasteiger partial charge in [-0.3, -0.25) is 9.59 Å². The van der Waals surface area contributed by atoms with Crippen molar-refractivity contribution in [1.29, 1.82) is 0 Å². The minimum atomic E-state index is -1.02. The number of carbonyl (C=O) groups excluding carboxylic acids is 2. The molecule has 0 bridgehead atoms. The summed E-state index contributed by atoms with van der Waals surface area (Å²) in [4.78, 5) is 35.8. The van der Waals surface area contributed by atoms with Gasteiger partial charge in [0.2, 0.25) is 5.91 Å². The van der Waals surface area contributed by atoms with E-state index in [2.05, 4.69) is 31.3 Å². The molecule has 0 aliphatic heterocycles. The average Bonchev–Trinajstić information content (AvgIpc) is 2.97. The first-order chi connectivity index (χ1) is 20.4. The SMILES string of the molecule is CCCCCCCCC/C=C\CCCCCCCC(=O)OC(CCCC)CCCCCC(=O)NC(CCCN)C(=O)O. The number of aliphatic carboxylic acids is 1. The molecule has 0 saturated heterocycles. The van der Waals surface area contributed by atoms with Crippen molar-refractivity contribution >= 4 is 17.8 Å². The van der Waals surface area contributed by atoms with Gasteiger partial charge in [-0.1, -0.05) is 103 Å². The molecule has 0 radical (unpaired) electrons. The molecule has 0 fully saturated rings. The Morgan fingerprint density at radius 1 is 0.667 bits per heavy atom. The fraction of sp³-hybridized carbons (Fsp3) is 0.857. The van der Waals surface area contributed by atoms with Crippen LogP contribution < -0.4 is 11.1 Å². The third-order valence-corrected chi connectivity index (χ3v) is 7.83. The quantitative estimate of drug-likeness (QED) is 0.0419. The second-order valence-corrected chi connectivity index (χ2v) is 11.9. The van der Waals surface area contributed by atoms with Crippen LogP contribution >= 0.6 is 0 Å². The molecule has 0 rings (SSSR count). The van der Waals surface area contributed by atoms with E-state index >= 15 is 0 Å². The van der Waals surface area contributed by atoms with Gasteiger partial charge < -0.3 is 20.9 Å². The number of hydrogen-bond donors (Lipinski definition) is 3. The maximum atomic E-state index is 12.4. The standard InChI is InChI=1S/C35H66N2O5/c1-3-5-7-8-9-10-11-12-13-14-15-16-17-18-19-23-29-34(39)42-31(25-6-4-2)26-21-20-22-28-33(38)37-32(35(40)41)27-24-30-36/h13-14,31-32H,3-12,15-30,36H2,1-2H3,(H,37,38)(H,40,41)/b14-13-. The summed E-state index contributed by atoms with van der Waals surface area (Å²) in [6.07, 6.45) is 30.1. The molecular weight excluding hydrogens is 528 g/mol. The second-order valence-electron chi connectivity index (χ2n) is 11.9. The Labute approximate surface area is 258 Å². The molecule has 7 nitrogen and oxygen atoms in total. The minimum Gasteiger partial charge on any atom is -0.480 e. The van der Waals surface area contributed by atoms with E-state index in [1.54, 1.807) is 0 Å². The maximum Gasteiger partial charge on any atom is 0.326 e. The highest BCUT2D eigenvalue weighted by Crippen LogP contribution is 2.17. The van der Waals surface area contributed by atoms with Crippen LogP contribution in [0.2, 0.25) is 0 Å². The molecule has 2 atom stereocenters. The smallest absolute Gasteiger partial charge is 0.326 e. The van der Waals surface area contributed by atoms with E-state index in [1.165, 1.54) is 77.0 Å². The van der Waals surface area contributed by atoms with Gasteiger partial charge in [0.25, 0.3) is 0 Å². The van der Waals surface area contributed by atoms with Gasteiger partial charge in [-0.05, 0) is 77.2 Å². The number of unbranched alkanes of at least 4 members (excludes halogenated alkanes) is 15. The molecule has 0 saturated carbocycles. The number of ether oxygens (including phenoxy) is 1. The normalized spacial score (nSPS) is 12.8. The number of carboxylic acid groups (broad SMARTS) is 1. The summed E-state index contributed by atoms with van der Waals surface area (Å²) in [6, 6.07) is -0.870. The first-order valence-corrected chi connectivity index (χ1v) is 17.5. The molecule has 42 heavy (non-hydrogen) atoms. The third-order valence-electron chi connectivity index (χ3n) is 7.83. The van der Waals surface area contributed by atoms with Gasteiger partial charge in [0.1, 0.15) is 12.1 Å². The molecule has 0 spiro atoms. The largest absolute Gasteiger partial charge is 0.480 e. The second kappa shape index (κ2) is 30.6. The van der Waals surface area contributed by atoms with E-state index in [9.17, 15) is 19.5 Å². The topological polar surface area (TPSA) is 119 Å². The van der Waals surface area contributed by atoms with Gasteiger partial charge in [-0.15, -0.1) is 0 Å². The number of rotatable bonds is 31. The Morgan fingerprint density at radius 3 is 1.79 bits per heavy atom. The summed E-state index contributed by atoms with van der Waals surface area (Å²) in [5.74, 6) is -1.33. The Balaban J connectivity index is 3.90. The van der Waals surface area contributed by atoms with Crippen LogP contribution in [0.3, 0.4) is 0 Å². The highest BCUT2D eigenvalue weighted by Gasteiger charge is 2.19. The Kier molecular flexibility index (Phi) is 29.2. The first-order valence-electron chi connectivity index (χ1n) is 17.5. The van der Waals surface area contributed by atoms with Crippen LogP contribution in [0.25, 0.3) is 0 Å². The van der Waals surface area contributed by atoms with E-state index in [4.69, 9.17) is 10.5 Å². The van der Waals surface area contributed by atoms with Crippen molar-refractivity contribution in [2.24, 2.45) is 5.73 Å². The van der Waals surface area contributed by atoms with E-state index in [1.807, 2.05) is 0 Å². The van der Waals surface area contributed by atoms with Crippen molar-refractivity contribution in [2.45, 2.75) is 187 Å². The van der Waals surface area contributed by atoms with Crippen molar-refractivity contribution in [1.82, 2.24) is 5.32 Å². The molecule has 4 N–H and O–H groups in total. The molecule has 2 unspecified atom stereocenters. The number of nitrogens with two attached hydrogens (primary N) is 1. The lowest BCUT2D eigenvalue weighted by atomic mass is 10.0. The van der Waals surface area contributed by atoms with E-state index in [0.29, 0.717) is 38.6 Å². The number of amides is 1. The van der Waals surface area contributed by atoms with Gasteiger partial charge in [0.05, 0.1) is 0 Å². The van der Waals surface area contributed by atoms with E-state index < -0.39 is 12.0 Å². The zero-order valence-corrected chi connectivity index (χ0v) is 27.4. The van der Waals surface area contributed by atoms with Crippen LogP contribution in [-0.4, -0.2) is 41.6 Å². The summed E-state index contributed by atoms with van der Waals surface area (Å²) in [6.45, 7) is 4.81. The lowest BCUT2D eigenvalue weighted by Gasteiger charge is -2.18. The molecule has 7 heteroatoms. The minimum absolute atomic E-state index is 0.0493. The first kappa shape index (κ1) is 40.1. The van der Waals surface area contributed by atoms with Crippen LogP contribution in [0, 0.1) is 0 Å². The van der Waals surface area contributed by atoms with Gasteiger partial charge in [0, 0.05) is 12.8 Å². The van der Waals surface area contributed by atoms with E-state index in [0.717, 1.165) is 51.4 Å². The number of carbonyl (C=O) groups is 3. The molecule has 1 amide bonds. The zero-order valence-electron chi connectivity index (χ0n) is 27.4. The third kappa shape index (κ3) is 27.0. The highest BCUT2D eigenvalue weighted by molar-refractivity contribution is 5.83. The summed E-state index contributed by atoms with van der Waals surface area (Å²) < 4.78 is 5.82. The summed E-state index contributed by atoms with van der Waals surface area (Å²) in [7, 11) is 0. The monoisotopic (exact) mass is 594 g/mol. The molecular formula is C35H66N2O5. The van der Waals surface area contributed by atoms with Crippen LogP contribution in [0.5, 0.6) is 0 Å². The molecule has 0 heterocycles. The van der Waals surface area contributed by atoms with E-state index in [-0.39, 0.29) is 18.0 Å². The predicted octanol–water partition coefficient (Wildman–Crippen LogP) is 8.77. The van der Waals surface area contributed by atoms with Crippen molar-refractivity contribution in [3.63, 3.8) is 0 Å². The number of esters is 1. The molecule has 0 aliphatic carbocycles. The molecule has 0 aromatic rings. The Bertz CT molecular complexity index is 682. The fourth-order valence-electron chi connectivity index (χ4n) is 5.14. The Morgan fingerprint density at radius 2 is 1.19 bits per heavy atom. The van der Waals surface area contributed by atoms with Crippen LogP contribution in [0.1, 0.15) is 174 Å². The molecule has 0 aromatic heterocycles. The van der Waals surface area contributed by atoms with Crippen molar-refractivity contribution in [3.05, 3.63) is 12.2 Å². The van der Waals surface area contributed by atoms with Crippen molar-refractivity contribution in [2.75, 3.05) is 6.54 Å². The van der Waals surface area contributed by atoms with Gasteiger partial charge in [-0.2, -0.15) is 0 Å². The number of allylic oxidation sites excluding steroid dienone is 2. The summed E-state index contributed by atoms with van der Waals surface area (Å²) in [5, 5.41) is 11.8. The van der Waals surface area contributed by atoms with Gasteiger partial charge in [-0.25, -0.2) is 4.79 Å². The lowest BCUT2D eigenvalue weighted by molar-refractivity contribution is -0.150. The lowest BCUT2D eigenvalue weighted by Crippen LogP contribution is -2.40.